The second kappa shape index (κ2) is 4.71. The topological polar surface area (TPSA) is 61.4 Å². The zero-order valence-corrected chi connectivity index (χ0v) is 11.6. The fraction of sp³-hybridized carbons (Fsp3) is 0.500. The number of nitrogens with zero attached hydrogens (tertiary/aromatic N) is 2. The Labute approximate surface area is 116 Å². The summed E-state index contributed by atoms with van der Waals surface area (Å²) in [5.74, 6) is 0.392. The van der Waals surface area contributed by atoms with Gasteiger partial charge in [0, 0.05) is 13.1 Å². The van der Waals surface area contributed by atoms with E-state index in [2.05, 4.69) is 9.97 Å². The number of aliphatic hydroxyl groups excluding tert-OH is 1. The summed E-state index contributed by atoms with van der Waals surface area (Å²) in [6, 6.07) is 4.48. The minimum absolute atomic E-state index is 0.0329. The van der Waals surface area contributed by atoms with Crippen molar-refractivity contribution in [2.75, 3.05) is 24.6 Å². The Morgan fingerprint density at radius 2 is 2.35 bits per heavy atom. The number of nitrogens with one attached hydrogen (secondary N) is 1. The number of hydrogen-bond acceptors (Lipinski definition) is 4. The van der Waals surface area contributed by atoms with Crippen LogP contribution in [0, 0.1) is 5.82 Å². The zero-order chi connectivity index (χ0) is 14.3. The van der Waals surface area contributed by atoms with Crippen LogP contribution in [-0.4, -0.2) is 46.5 Å². The number of hydrogen-bond donors (Lipinski definition) is 2. The predicted molar refractivity (Wildman–Crippen MR) is 74.3 cm³/mol. The van der Waals surface area contributed by atoms with Gasteiger partial charge in [-0.2, -0.15) is 0 Å². The number of aliphatic hydroxyl groups is 1. The number of imidazole rings is 1. The molecule has 2 heterocycles. The molecular weight excluding hydrogens is 261 g/mol. The maximum absolute atomic E-state index is 13.2. The molecule has 1 aliphatic rings. The molecule has 2 aromatic rings. The second-order valence-electron chi connectivity index (χ2n) is 5.78. The van der Waals surface area contributed by atoms with Gasteiger partial charge >= 0.3 is 0 Å². The first kappa shape index (κ1) is 13.3. The molecule has 2 N–H and O–H groups in total. The number of halogens is 1. The Morgan fingerprint density at radius 3 is 3.10 bits per heavy atom. The molecule has 6 heteroatoms. The summed E-state index contributed by atoms with van der Waals surface area (Å²) in [6.45, 7) is 5.14. The number of aromatic amines is 1. The van der Waals surface area contributed by atoms with Crippen molar-refractivity contribution in [3.8, 4) is 0 Å². The van der Waals surface area contributed by atoms with E-state index >= 15 is 0 Å². The van der Waals surface area contributed by atoms with Gasteiger partial charge in [0.05, 0.1) is 29.3 Å². The molecule has 0 bridgehead atoms. The molecule has 5 nitrogen and oxygen atoms in total. The normalized spacial score (nSPS) is 22.4. The van der Waals surface area contributed by atoms with Gasteiger partial charge in [0.15, 0.2) is 0 Å². The molecule has 3 rings (SSSR count). The van der Waals surface area contributed by atoms with Crippen LogP contribution < -0.4 is 4.90 Å². The molecule has 1 atom stereocenters. The van der Waals surface area contributed by atoms with Crippen molar-refractivity contribution in [1.29, 1.82) is 0 Å². The van der Waals surface area contributed by atoms with Gasteiger partial charge in [-0.15, -0.1) is 0 Å². The highest BCUT2D eigenvalue weighted by Gasteiger charge is 2.34. The fourth-order valence-electron chi connectivity index (χ4n) is 2.67. The first-order chi connectivity index (χ1) is 9.47. The van der Waals surface area contributed by atoms with Crippen molar-refractivity contribution in [2.45, 2.75) is 25.6 Å². The smallest absolute Gasteiger partial charge is 0.204 e. The number of ether oxygens (including phenoxy) is 1. The first-order valence-electron chi connectivity index (χ1n) is 6.66. The lowest BCUT2D eigenvalue weighted by atomic mass is 10.1. The van der Waals surface area contributed by atoms with Crippen molar-refractivity contribution < 1.29 is 14.2 Å². The second-order valence-corrected chi connectivity index (χ2v) is 5.78. The summed E-state index contributed by atoms with van der Waals surface area (Å²) in [7, 11) is 0. The minimum Gasteiger partial charge on any atom is -0.394 e. The van der Waals surface area contributed by atoms with Gasteiger partial charge < -0.3 is 19.7 Å². The van der Waals surface area contributed by atoms with E-state index in [-0.39, 0.29) is 24.1 Å². The van der Waals surface area contributed by atoms with Crippen molar-refractivity contribution in [3.05, 3.63) is 24.0 Å². The molecule has 1 fully saturated rings. The molecule has 1 unspecified atom stereocenters. The molecule has 108 valence electrons. The maximum atomic E-state index is 13.2. The number of aromatic nitrogens is 2. The Balaban J connectivity index is 1.93. The van der Waals surface area contributed by atoms with E-state index in [9.17, 15) is 9.50 Å². The Morgan fingerprint density at radius 1 is 1.55 bits per heavy atom. The summed E-state index contributed by atoms with van der Waals surface area (Å²) >= 11 is 0. The van der Waals surface area contributed by atoms with E-state index in [4.69, 9.17) is 4.74 Å². The van der Waals surface area contributed by atoms with Crippen molar-refractivity contribution in [1.82, 2.24) is 9.97 Å². The molecule has 1 saturated heterocycles. The summed E-state index contributed by atoms with van der Waals surface area (Å²) in [4.78, 5) is 9.63. The standard InChI is InChI=1S/C14H18FN3O2/c1-14(2)8-18(6-10(7-19)20-14)13-16-11-4-3-9(15)5-12(11)17-13/h3-5,10,19H,6-8H2,1-2H3,(H,16,17). The largest absolute Gasteiger partial charge is 0.394 e. The lowest BCUT2D eigenvalue weighted by molar-refractivity contribution is -0.101. The van der Waals surface area contributed by atoms with E-state index < -0.39 is 0 Å². The lowest BCUT2D eigenvalue weighted by Crippen LogP contribution is -2.54. The fourth-order valence-corrected chi connectivity index (χ4v) is 2.67. The highest BCUT2D eigenvalue weighted by atomic mass is 19.1. The van der Waals surface area contributed by atoms with E-state index in [1.54, 1.807) is 6.07 Å². The van der Waals surface area contributed by atoms with Gasteiger partial charge in [0.2, 0.25) is 5.95 Å². The molecule has 0 amide bonds. The van der Waals surface area contributed by atoms with Crippen molar-refractivity contribution in [3.63, 3.8) is 0 Å². The Hall–Kier alpha value is -1.66. The molecule has 0 saturated carbocycles. The van der Waals surface area contributed by atoms with Gasteiger partial charge in [-0.05, 0) is 32.0 Å². The summed E-state index contributed by atoms with van der Waals surface area (Å²) in [5, 5.41) is 9.33. The average molecular weight is 279 g/mol. The van der Waals surface area contributed by atoms with Crippen LogP contribution in [0.25, 0.3) is 11.0 Å². The van der Waals surface area contributed by atoms with Gasteiger partial charge in [-0.1, -0.05) is 0 Å². The third-order valence-electron chi connectivity index (χ3n) is 3.42. The van der Waals surface area contributed by atoms with Gasteiger partial charge in [-0.3, -0.25) is 0 Å². The van der Waals surface area contributed by atoms with Crippen LogP contribution in [0.5, 0.6) is 0 Å². The molecule has 20 heavy (non-hydrogen) atoms. The van der Waals surface area contributed by atoms with E-state index in [0.29, 0.717) is 24.6 Å². The zero-order valence-electron chi connectivity index (χ0n) is 11.6. The minimum atomic E-state index is -0.365. The molecule has 0 spiro atoms. The lowest BCUT2D eigenvalue weighted by Gasteiger charge is -2.42. The number of benzene rings is 1. The van der Waals surface area contributed by atoms with E-state index in [1.165, 1.54) is 12.1 Å². The van der Waals surface area contributed by atoms with Gasteiger partial charge in [-0.25, -0.2) is 9.37 Å². The summed E-state index contributed by atoms with van der Waals surface area (Å²) < 4.78 is 19.0. The number of fused-ring (bicyclic) bond motifs is 1. The molecular formula is C14H18FN3O2. The number of H-pyrrole nitrogens is 1. The Bertz CT molecular complexity index is 626. The van der Waals surface area contributed by atoms with Crippen molar-refractivity contribution >= 4 is 17.0 Å². The molecule has 1 aromatic carbocycles. The molecule has 1 aliphatic heterocycles. The highest BCUT2D eigenvalue weighted by Crippen LogP contribution is 2.26. The highest BCUT2D eigenvalue weighted by molar-refractivity contribution is 5.77. The van der Waals surface area contributed by atoms with Crippen LogP contribution in [0.3, 0.4) is 0 Å². The quantitative estimate of drug-likeness (QED) is 0.878. The number of anilines is 1. The van der Waals surface area contributed by atoms with E-state index in [1.807, 2.05) is 18.7 Å². The van der Waals surface area contributed by atoms with Crippen LogP contribution in [-0.2, 0) is 4.74 Å². The van der Waals surface area contributed by atoms with Gasteiger partial charge in [0.25, 0.3) is 0 Å². The first-order valence-corrected chi connectivity index (χ1v) is 6.66. The summed E-state index contributed by atoms with van der Waals surface area (Å²) in [5.41, 5.74) is 1.03. The average Bonchev–Trinajstić information content (AvgIpc) is 2.79. The van der Waals surface area contributed by atoms with E-state index in [0.717, 1.165) is 5.52 Å². The SMILES string of the molecule is CC1(C)CN(c2nc3ccc(F)cc3[nH]2)CC(CO)O1. The number of rotatable bonds is 2. The monoisotopic (exact) mass is 279 g/mol. The van der Waals surface area contributed by atoms with Crippen LogP contribution in [0.1, 0.15) is 13.8 Å². The van der Waals surface area contributed by atoms with Crippen molar-refractivity contribution in [2.24, 2.45) is 0 Å². The van der Waals surface area contributed by atoms with Crippen LogP contribution in [0.15, 0.2) is 18.2 Å². The van der Waals surface area contributed by atoms with Gasteiger partial charge in [0.1, 0.15) is 5.82 Å². The molecule has 1 aromatic heterocycles. The van der Waals surface area contributed by atoms with Crippen LogP contribution in [0.2, 0.25) is 0 Å². The Kier molecular flexibility index (Phi) is 3.14. The van der Waals surface area contributed by atoms with Crippen LogP contribution >= 0.6 is 0 Å². The molecule has 0 radical (unpaired) electrons. The number of morpholine rings is 1. The molecule has 0 aliphatic carbocycles. The predicted octanol–water partition coefficient (Wildman–Crippen LogP) is 1.68. The third-order valence-corrected chi connectivity index (χ3v) is 3.42. The van der Waals surface area contributed by atoms with Crippen LogP contribution in [0.4, 0.5) is 10.3 Å². The summed E-state index contributed by atoms with van der Waals surface area (Å²) in [6.07, 6.45) is -0.247. The third kappa shape index (κ3) is 2.48. The maximum Gasteiger partial charge on any atom is 0.204 e.